The number of carbonyl (C=O) groups is 2. The number of hydrogen-bond acceptors (Lipinski definition) is 3. The molecule has 0 spiro atoms. The predicted molar refractivity (Wildman–Crippen MR) is 79.9 cm³/mol. The molecule has 0 unspecified atom stereocenters. The van der Waals surface area contributed by atoms with Gasteiger partial charge in [0.15, 0.2) is 0 Å². The minimum atomic E-state index is -0.771. The summed E-state index contributed by atoms with van der Waals surface area (Å²) in [6.07, 6.45) is 0. The second-order valence-corrected chi connectivity index (χ2v) is 4.49. The van der Waals surface area contributed by atoms with Gasteiger partial charge < -0.3 is 15.4 Å². The molecule has 0 aliphatic carbocycles. The van der Waals surface area contributed by atoms with Crippen molar-refractivity contribution in [3.05, 3.63) is 59.9 Å². The summed E-state index contributed by atoms with van der Waals surface area (Å²) in [5, 5.41) is 4.93. The number of nitrogens with one attached hydrogen (secondary N) is 2. The lowest BCUT2D eigenvalue weighted by Crippen LogP contribution is -2.34. The molecule has 0 aromatic heterocycles. The third-order valence-corrected chi connectivity index (χ3v) is 2.92. The van der Waals surface area contributed by atoms with Crippen LogP contribution in [0.4, 0.5) is 10.1 Å². The van der Waals surface area contributed by atoms with Crippen LogP contribution in [0.5, 0.6) is 5.75 Å². The van der Waals surface area contributed by atoms with Crippen LogP contribution < -0.4 is 15.4 Å². The van der Waals surface area contributed by atoms with Crippen molar-refractivity contribution in [2.75, 3.05) is 12.4 Å². The Balaban J connectivity index is 1.86. The summed E-state index contributed by atoms with van der Waals surface area (Å²) in [6, 6.07) is 12.3. The van der Waals surface area contributed by atoms with Crippen molar-refractivity contribution in [2.45, 2.75) is 6.54 Å². The van der Waals surface area contributed by atoms with E-state index in [1.54, 1.807) is 24.3 Å². The summed E-state index contributed by atoms with van der Waals surface area (Å²) >= 11 is 0. The molecule has 2 N–H and O–H groups in total. The van der Waals surface area contributed by atoms with Gasteiger partial charge in [-0.3, -0.25) is 9.59 Å². The van der Waals surface area contributed by atoms with Gasteiger partial charge in [0.25, 0.3) is 0 Å². The molecule has 0 saturated carbocycles. The van der Waals surface area contributed by atoms with E-state index in [0.29, 0.717) is 17.0 Å². The summed E-state index contributed by atoms with van der Waals surface area (Å²) < 4.78 is 17.7. The van der Waals surface area contributed by atoms with Crippen LogP contribution in [0.25, 0.3) is 0 Å². The predicted octanol–water partition coefficient (Wildman–Crippen LogP) is 2.09. The van der Waals surface area contributed by atoms with Gasteiger partial charge in [0.1, 0.15) is 11.6 Å². The Morgan fingerprint density at radius 1 is 1.00 bits per heavy atom. The monoisotopic (exact) mass is 302 g/mol. The van der Waals surface area contributed by atoms with E-state index in [4.69, 9.17) is 4.74 Å². The summed E-state index contributed by atoms with van der Waals surface area (Å²) in [6.45, 7) is 0.148. The van der Waals surface area contributed by atoms with E-state index < -0.39 is 11.8 Å². The molecule has 0 saturated heterocycles. The van der Waals surface area contributed by atoms with Crippen LogP contribution in [0.2, 0.25) is 0 Å². The lowest BCUT2D eigenvalue weighted by molar-refractivity contribution is -0.136. The number of halogens is 1. The molecule has 22 heavy (non-hydrogen) atoms. The van der Waals surface area contributed by atoms with Crippen molar-refractivity contribution in [2.24, 2.45) is 0 Å². The molecule has 0 aliphatic rings. The molecular formula is C16H15FN2O3. The van der Waals surface area contributed by atoms with E-state index in [9.17, 15) is 14.0 Å². The quantitative estimate of drug-likeness (QED) is 0.850. The van der Waals surface area contributed by atoms with Gasteiger partial charge in [-0.15, -0.1) is 0 Å². The van der Waals surface area contributed by atoms with Crippen LogP contribution in [-0.2, 0) is 16.1 Å². The first-order valence-corrected chi connectivity index (χ1v) is 6.56. The number of anilines is 1. The van der Waals surface area contributed by atoms with E-state index in [0.717, 1.165) is 0 Å². The highest BCUT2D eigenvalue weighted by molar-refractivity contribution is 6.39. The zero-order chi connectivity index (χ0) is 15.9. The van der Waals surface area contributed by atoms with Gasteiger partial charge >= 0.3 is 11.8 Å². The standard InChI is InChI=1S/C16H15FN2O3/c1-22-14-8-6-13(7-9-14)19-16(21)15(20)18-10-11-2-4-12(17)5-3-11/h2-9H,10H2,1H3,(H,18,20)(H,19,21). The summed E-state index contributed by atoms with van der Waals surface area (Å²) in [4.78, 5) is 23.4. The fourth-order valence-electron chi connectivity index (χ4n) is 1.73. The topological polar surface area (TPSA) is 67.4 Å². The molecule has 0 aliphatic heterocycles. The maximum Gasteiger partial charge on any atom is 0.313 e. The highest BCUT2D eigenvalue weighted by Crippen LogP contribution is 2.14. The molecule has 0 atom stereocenters. The highest BCUT2D eigenvalue weighted by atomic mass is 19.1. The highest BCUT2D eigenvalue weighted by Gasteiger charge is 2.13. The van der Waals surface area contributed by atoms with E-state index >= 15 is 0 Å². The average molecular weight is 302 g/mol. The van der Waals surface area contributed by atoms with Crippen molar-refractivity contribution in [1.29, 1.82) is 0 Å². The summed E-state index contributed by atoms with van der Waals surface area (Å²) in [5.41, 5.74) is 1.19. The molecule has 0 bridgehead atoms. The molecular weight excluding hydrogens is 287 g/mol. The fourth-order valence-corrected chi connectivity index (χ4v) is 1.73. The Bertz CT molecular complexity index is 654. The second-order valence-electron chi connectivity index (χ2n) is 4.49. The minimum Gasteiger partial charge on any atom is -0.497 e. The molecule has 5 nitrogen and oxygen atoms in total. The Hall–Kier alpha value is -2.89. The van der Waals surface area contributed by atoms with E-state index in [1.165, 1.54) is 31.4 Å². The number of ether oxygens (including phenoxy) is 1. The first-order chi connectivity index (χ1) is 10.6. The van der Waals surface area contributed by atoms with Crippen LogP contribution in [-0.4, -0.2) is 18.9 Å². The molecule has 0 fully saturated rings. The van der Waals surface area contributed by atoms with Gasteiger partial charge in [0, 0.05) is 12.2 Å². The zero-order valence-electron chi connectivity index (χ0n) is 11.9. The first kappa shape index (κ1) is 15.5. The zero-order valence-corrected chi connectivity index (χ0v) is 11.9. The van der Waals surface area contributed by atoms with Gasteiger partial charge in [0.05, 0.1) is 7.11 Å². The Morgan fingerprint density at radius 3 is 2.23 bits per heavy atom. The molecule has 0 heterocycles. The van der Waals surface area contributed by atoms with Crippen LogP contribution in [0.15, 0.2) is 48.5 Å². The third-order valence-electron chi connectivity index (χ3n) is 2.92. The van der Waals surface area contributed by atoms with Crippen molar-refractivity contribution < 1.29 is 18.7 Å². The normalized spacial score (nSPS) is 9.91. The Kier molecular flexibility index (Phi) is 5.08. The molecule has 2 amide bonds. The lowest BCUT2D eigenvalue weighted by Gasteiger charge is -2.07. The number of rotatable bonds is 4. The lowest BCUT2D eigenvalue weighted by atomic mass is 10.2. The van der Waals surface area contributed by atoms with Crippen LogP contribution in [0, 0.1) is 5.82 Å². The van der Waals surface area contributed by atoms with Crippen molar-refractivity contribution in [3.63, 3.8) is 0 Å². The van der Waals surface area contributed by atoms with Crippen LogP contribution in [0.3, 0.4) is 0 Å². The first-order valence-electron chi connectivity index (χ1n) is 6.56. The smallest absolute Gasteiger partial charge is 0.313 e. The minimum absolute atomic E-state index is 0.148. The van der Waals surface area contributed by atoms with E-state index in [-0.39, 0.29) is 12.4 Å². The number of amides is 2. The molecule has 6 heteroatoms. The van der Waals surface area contributed by atoms with Gasteiger partial charge in [-0.25, -0.2) is 4.39 Å². The Labute approximate surface area is 127 Å². The molecule has 114 valence electrons. The van der Waals surface area contributed by atoms with Gasteiger partial charge in [-0.1, -0.05) is 12.1 Å². The number of benzene rings is 2. The van der Waals surface area contributed by atoms with Crippen molar-refractivity contribution in [3.8, 4) is 5.75 Å². The van der Waals surface area contributed by atoms with E-state index in [2.05, 4.69) is 10.6 Å². The van der Waals surface area contributed by atoms with Gasteiger partial charge in [-0.2, -0.15) is 0 Å². The van der Waals surface area contributed by atoms with Crippen molar-refractivity contribution in [1.82, 2.24) is 5.32 Å². The summed E-state index contributed by atoms with van der Waals surface area (Å²) in [5.74, 6) is -1.24. The maximum absolute atomic E-state index is 12.7. The average Bonchev–Trinajstić information content (AvgIpc) is 2.54. The summed E-state index contributed by atoms with van der Waals surface area (Å²) in [7, 11) is 1.54. The second kappa shape index (κ2) is 7.21. The molecule has 2 rings (SSSR count). The molecule has 0 radical (unpaired) electrons. The Morgan fingerprint density at radius 2 is 1.64 bits per heavy atom. The fraction of sp³-hybridized carbons (Fsp3) is 0.125. The largest absolute Gasteiger partial charge is 0.497 e. The number of methoxy groups -OCH3 is 1. The SMILES string of the molecule is COc1ccc(NC(=O)C(=O)NCc2ccc(F)cc2)cc1. The molecule has 2 aromatic carbocycles. The number of hydrogen-bond donors (Lipinski definition) is 2. The van der Waals surface area contributed by atoms with Crippen LogP contribution in [0.1, 0.15) is 5.56 Å². The number of carbonyl (C=O) groups excluding carboxylic acids is 2. The van der Waals surface area contributed by atoms with Gasteiger partial charge in [-0.05, 0) is 42.0 Å². The third kappa shape index (κ3) is 4.31. The van der Waals surface area contributed by atoms with Crippen molar-refractivity contribution >= 4 is 17.5 Å². The van der Waals surface area contributed by atoms with Gasteiger partial charge in [0.2, 0.25) is 0 Å². The van der Waals surface area contributed by atoms with Crippen LogP contribution >= 0.6 is 0 Å². The maximum atomic E-state index is 12.7. The molecule has 2 aromatic rings. The van der Waals surface area contributed by atoms with E-state index in [1.807, 2.05) is 0 Å².